The molecule has 0 fully saturated rings. The summed E-state index contributed by atoms with van der Waals surface area (Å²) in [5.41, 5.74) is 4.79. The van der Waals surface area contributed by atoms with Crippen LogP contribution in [-0.2, 0) is 20.0 Å². The molecule has 0 heterocycles. The van der Waals surface area contributed by atoms with Crippen molar-refractivity contribution >= 4 is 36.7 Å². The van der Waals surface area contributed by atoms with Crippen LogP contribution in [0.5, 0.6) is 5.75 Å². The van der Waals surface area contributed by atoms with Crippen molar-refractivity contribution in [2.45, 2.75) is 39.9 Å². The second kappa shape index (κ2) is 16.1. The number of phenolic OH excluding ortho intramolecular Hbond substituents is 1. The van der Waals surface area contributed by atoms with Crippen LogP contribution in [0.2, 0.25) is 19.6 Å². The van der Waals surface area contributed by atoms with Crippen molar-refractivity contribution in [1.82, 2.24) is 0 Å². The van der Waals surface area contributed by atoms with Gasteiger partial charge in [-0.05, 0) is 37.1 Å². The van der Waals surface area contributed by atoms with Gasteiger partial charge in [0.05, 0.1) is 0 Å². The number of halogens is 2. The molecule has 3 aromatic carbocycles. The molecular formula is C29H35Cl2OSiTi. The molecule has 0 unspecified atom stereocenters. The molecule has 4 rings (SSSR count). The fraction of sp³-hybridized carbons (Fsp3) is 0.207. The number of aromatic hydroxyl groups is 1. The van der Waals surface area contributed by atoms with Crippen molar-refractivity contribution in [3.8, 4) is 5.75 Å². The Morgan fingerprint density at radius 3 is 1.53 bits per heavy atom. The monoisotopic (exact) mass is 545 g/mol. The zero-order valence-electron chi connectivity index (χ0n) is 20.6. The number of hydrogen-bond donors (Lipinski definition) is 1. The number of aryl methyl sites for hydroxylation is 2. The van der Waals surface area contributed by atoms with Crippen LogP contribution in [0.3, 0.4) is 0 Å². The molecule has 1 nitrogen and oxygen atoms in total. The van der Waals surface area contributed by atoms with Gasteiger partial charge >= 0.3 is 95.6 Å². The average Bonchev–Trinajstić information content (AvgIpc) is 3.30. The predicted molar refractivity (Wildman–Crippen MR) is 152 cm³/mol. The summed E-state index contributed by atoms with van der Waals surface area (Å²) in [4.78, 5) is 0. The van der Waals surface area contributed by atoms with Crippen molar-refractivity contribution in [1.29, 1.82) is 0 Å². The minimum atomic E-state index is -1.01. The summed E-state index contributed by atoms with van der Waals surface area (Å²) in [6, 6.07) is 26.5. The molecule has 3 aromatic rings. The van der Waals surface area contributed by atoms with Crippen molar-refractivity contribution in [2.24, 2.45) is 0 Å². The topological polar surface area (TPSA) is 20.2 Å². The van der Waals surface area contributed by atoms with Gasteiger partial charge in [0.1, 0.15) is 5.75 Å². The second-order valence-corrected chi connectivity index (χ2v) is 14.7. The summed E-state index contributed by atoms with van der Waals surface area (Å²) in [5.74, 6) is 0.354. The fourth-order valence-electron chi connectivity index (χ4n) is 3.25. The zero-order chi connectivity index (χ0) is 23.6. The van der Waals surface area contributed by atoms with E-state index in [1.165, 1.54) is 20.1 Å². The Hall–Kier alpha value is -1.68. The van der Waals surface area contributed by atoms with Crippen LogP contribution in [0.15, 0.2) is 96.2 Å². The normalized spacial score (nSPS) is 11.4. The van der Waals surface area contributed by atoms with Gasteiger partial charge in [-0.3, -0.25) is 6.08 Å². The Morgan fingerprint density at radius 2 is 1.24 bits per heavy atom. The van der Waals surface area contributed by atoms with Crippen molar-refractivity contribution in [3.63, 3.8) is 0 Å². The number of phenols is 1. The van der Waals surface area contributed by atoms with Crippen LogP contribution >= 0.6 is 24.8 Å². The van der Waals surface area contributed by atoms with E-state index in [1.54, 1.807) is 12.1 Å². The van der Waals surface area contributed by atoms with Gasteiger partial charge in [-0.25, -0.2) is 11.3 Å². The fourth-order valence-corrected chi connectivity index (χ4v) is 5.02. The molecule has 1 N–H and O–H groups in total. The number of benzene rings is 3. The van der Waals surface area contributed by atoms with Crippen molar-refractivity contribution in [3.05, 3.63) is 125 Å². The first-order chi connectivity index (χ1) is 15.2. The van der Waals surface area contributed by atoms with Crippen molar-refractivity contribution in [2.75, 3.05) is 0 Å². The summed E-state index contributed by atoms with van der Waals surface area (Å²) in [7, 11) is -1.01. The Labute approximate surface area is 230 Å². The van der Waals surface area contributed by atoms with Gasteiger partial charge in [0.2, 0.25) is 0 Å². The molecule has 0 bridgehead atoms. The maximum atomic E-state index is 8.99. The number of allylic oxidation sites excluding steroid dienone is 4. The van der Waals surface area contributed by atoms with E-state index in [2.05, 4.69) is 106 Å². The van der Waals surface area contributed by atoms with Gasteiger partial charge in [-0.15, -0.1) is 31.2 Å². The molecule has 0 saturated carbocycles. The minimum absolute atomic E-state index is 0. The van der Waals surface area contributed by atoms with E-state index in [9.17, 15) is 0 Å². The third-order valence-corrected chi connectivity index (χ3v) is 7.70. The molecule has 0 aliphatic heterocycles. The Kier molecular flexibility index (Phi) is 15.3. The molecule has 0 spiro atoms. The van der Waals surface area contributed by atoms with E-state index < -0.39 is 8.07 Å². The van der Waals surface area contributed by atoms with Gasteiger partial charge < -0.3 is 5.11 Å². The molecule has 0 amide bonds. The van der Waals surface area contributed by atoms with Crippen LogP contribution in [-0.4, -0.2) is 17.0 Å². The average molecular weight is 546 g/mol. The molecule has 0 saturated heterocycles. The third kappa shape index (κ3) is 11.6. The van der Waals surface area contributed by atoms with E-state index in [0.717, 1.165) is 17.5 Å². The summed E-state index contributed by atoms with van der Waals surface area (Å²) in [6.45, 7) is 11.0. The van der Waals surface area contributed by atoms with E-state index in [0.29, 0.717) is 5.75 Å². The first-order valence-corrected chi connectivity index (χ1v) is 15.2. The summed E-state index contributed by atoms with van der Waals surface area (Å²) >= 11 is 2.16. The first-order valence-electron chi connectivity index (χ1n) is 10.9. The number of hydrogen-bond acceptors (Lipinski definition) is 1. The van der Waals surface area contributed by atoms with Gasteiger partial charge in [-0.2, -0.15) is 6.08 Å². The molecular weight excluding hydrogens is 511 g/mol. The molecule has 0 atom stereocenters. The quantitative estimate of drug-likeness (QED) is 0.259. The third-order valence-electron chi connectivity index (χ3n) is 4.83. The van der Waals surface area contributed by atoms with Crippen LogP contribution in [0.1, 0.15) is 28.7 Å². The predicted octanol–water partition coefficient (Wildman–Crippen LogP) is 8.21. The van der Waals surface area contributed by atoms with Gasteiger partial charge in [-0.1, -0.05) is 25.7 Å². The molecule has 5 heteroatoms. The van der Waals surface area contributed by atoms with Crippen molar-refractivity contribution < 1.29 is 25.1 Å². The standard InChI is InChI=1S/C13H10.C8H10O.C8H13Si.2ClH.Ti/c1-3-7-12(8-4-1)11-13-9-5-2-6-10-13;1-6-3-7(2)5-8(9)4-6;1-9(2,3)8-6-4-5-7-8;;;/h1-10H;3-5,9H,1-2H3;4,6H,5H2,1-3H3;2*1H;/q;;-1;;;+1. The number of rotatable bonds is 3. The molecule has 1 aliphatic rings. The Balaban J connectivity index is 0.000000485. The molecule has 34 heavy (non-hydrogen) atoms. The SMILES string of the molecule is C[Si](C)(C)C1=[C-]CC=C1.Cc1cc(C)cc(O)c1.Cl.Cl.[Ti+]=[C](c1ccccc1)c1ccccc1. The molecule has 179 valence electrons. The Morgan fingerprint density at radius 1 is 0.794 bits per heavy atom. The van der Waals surface area contributed by atoms with E-state index in [-0.39, 0.29) is 24.8 Å². The van der Waals surface area contributed by atoms with Crippen LogP contribution < -0.4 is 0 Å². The first kappa shape index (κ1) is 32.3. The van der Waals surface area contributed by atoms with Crippen LogP contribution in [0.4, 0.5) is 0 Å². The summed E-state index contributed by atoms with van der Waals surface area (Å²) in [6.07, 6.45) is 8.82. The van der Waals surface area contributed by atoms with E-state index in [1.807, 2.05) is 32.0 Å². The summed E-state index contributed by atoms with van der Waals surface area (Å²) < 4.78 is 1.33. The van der Waals surface area contributed by atoms with Gasteiger partial charge in [0.25, 0.3) is 0 Å². The van der Waals surface area contributed by atoms with Crippen LogP contribution in [0.25, 0.3) is 0 Å². The molecule has 0 aromatic heterocycles. The molecule has 1 aliphatic carbocycles. The molecule has 0 radical (unpaired) electrons. The maximum absolute atomic E-state index is 8.99. The van der Waals surface area contributed by atoms with Gasteiger partial charge in [0.15, 0.2) is 0 Å². The van der Waals surface area contributed by atoms with Crippen LogP contribution in [0, 0.1) is 19.9 Å². The van der Waals surface area contributed by atoms with Gasteiger partial charge in [0, 0.05) is 8.07 Å². The Bertz CT molecular complexity index is 980. The zero-order valence-corrected chi connectivity index (χ0v) is 24.8. The second-order valence-electron chi connectivity index (χ2n) is 8.90. The van der Waals surface area contributed by atoms with E-state index in [4.69, 9.17) is 5.11 Å². The van der Waals surface area contributed by atoms with E-state index >= 15 is 0 Å². The summed E-state index contributed by atoms with van der Waals surface area (Å²) in [5, 5.41) is 10.5.